The summed E-state index contributed by atoms with van der Waals surface area (Å²) in [5.74, 6) is 0.870. The lowest BCUT2D eigenvalue weighted by molar-refractivity contribution is 0.0680. The van der Waals surface area contributed by atoms with Crippen LogP contribution >= 0.6 is 28.3 Å². The molecule has 20 heavy (non-hydrogen) atoms. The number of nitrogens with zero attached hydrogens (tertiary/aromatic N) is 2. The maximum Gasteiger partial charge on any atom is 0.270 e. The second-order valence-electron chi connectivity index (χ2n) is 5.12. The van der Waals surface area contributed by atoms with Gasteiger partial charge in [-0.05, 0) is 61.3 Å². The first kappa shape index (κ1) is 17.5. The average Bonchev–Trinajstić information content (AvgIpc) is 2.80. The van der Waals surface area contributed by atoms with Crippen LogP contribution in [0.3, 0.4) is 0 Å². The van der Waals surface area contributed by atoms with Gasteiger partial charge in [0, 0.05) is 30.3 Å². The summed E-state index contributed by atoms with van der Waals surface area (Å²) in [5, 5.41) is 3.22. The highest BCUT2D eigenvalue weighted by Gasteiger charge is 2.25. The van der Waals surface area contributed by atoms with Gasteiger partial charge in [0.2, 0.25) is 0 Å². The van der Waals surface area contributed by atoms with Crippen molar-refractivity contribution in [1.29, 1.82) is 0 Å². The Kier molecular flexibility index (Phi) is 7.06. The molecule has 0 aliphatic carbocycles. The first-order valence-electron chi connectivity index (χ1n) is 6.95. The van der Waals surface area contributed by atoms with E-state index >= 15 is 0 Å². The van der Waals surface area contributed by atoms with Crippen LogP contribution in [0.1, 0.15) is 30.3 Å². The van der Waals surface area contributed by atoms with Crippen molar-refractivity contribution in [1.82, 2.24) is 14.8 Å². The molecule has 1 N–H and O–H groups in total. The molecule has 0 saturated carbocycles. The molecule has 0 atom stereocenters. The Labute approximate surface area is 135 Å². The molecule has 0 aromatic carbocycles. The van der Waals surface area contributed by atoms with Crippen LogP contribution < -0.4 is 5.32 Å². The Morgan fingerprint density at radius 1 is 1.45 bits per heavy atom. The van der Waals surface area contributed by atoms with Crippen molar-refractivity contribution in [2.75, 3.05) is 26.7 Å². The Morgan fingerprint density at radius 2 is 2.10 bits per heavy atom. The lowest BCUT2D eigenvalue weighted by Crippen LogP contribution is -2.41. The fourth-order valence-corrected chi connectivity index (χ4v) is 3.17. The zero-order valence-electron chi connectivity index (χ0n) is 12.1. The third-order valence-corrected chi connectivity index (χ3v) is 4.25. The molecule has 2 rings (SSSR count). The van der Waals surface area contributed by atoms with E-state index in [9.17, 15) is 4.79 Å². The number of piperidine rings is 1. The minimum Gasteiger partial charge on any atom is -0.343 e. The molecule has 0 spiro atoms. The predicted octanol–water partition coefficient (Wildman–Crippen LogP) is 2.76. The van der Waals surface area contributed by atoms with Crippen LogP contribution in [-0.4, -0.2) is 42.1 Å². The molecule has 2 heterocycles. The molecule has 1 fully saturated rings. The van der Waals surface area contributed by atoms with Crippen molar-refractivity contribution in [2.45, 2.75) is 26.3 Å². The van der Waals surface area contributed by atoms with Crippen molar-refractivity contribution < 1.29 is 4.79 Å². The number of likely N-dealkylation sites (tertiary alicyclic amines) is 1. The quantitative estimate of drug-likeness (QED) is 0.892. The first-order valence-corrected chi connectivity index (χ1v) is 7.74. The summed E-state index contributed by atoms with van der Waals surface area (Å²) in [6, 6.07) is 1.92. The summed E-state index contributed by atoms with van der Waals surface area (Å²) >= 11 is 3.45. The van der Waals surface area contributed by atoms with E-state index in [4.69, 9.17) is 0 Å². The SMILES string of the molecule is CCn1cc(Br)cc1C(=O)N1CCC(CNC)CC1.Cl. The van der Waals surface area contributed by atoms with Crippen LogP contribution in [0.25, 0.3) is 0 Å². The van der Waals surface area contributed by atoms with Crippen molar-refractivity contribution in [3.05, 3.63) is 22.4 Å². The van der Waals surface area contributed by atoms with Crippen LogP contribution in [0, 0.1) is 5.92 Å². The van der Waals surface area contributed by atoms with Gasteiger partial charge in [-0.3, -0.25) is 4.79 Å². The predicted molar refractivity (Wildman–Crippen MR) is 87.6 cm³/mol. The summed E-state index contributed by atoms with van der Waals surface area (Å²) in [7, 11) is 1.99. The Balaban J connectivity index is 0.00000200. The van der Waals surface area contributed by atoms with Gasteiger partial charge in [-0.1, -0.05) is 0 Å². The van der Waals surface area contributed by atoms with Gasteiger partial charge >= 0.3 is 0 Å². The lowest BCUT2D eigenvalue weighted by atomic mass is 9.96. The average molecular weight is 365 g/mol. The van der Waals surface area contributed by atoms with Gasteiger partial charge < -0.3 is 14.8 Å². The van der Waals surface area contributed by atoms with Crippen LogP contribution in [0.2, 0.25) is 0 Å². The highest BCUT2D eigenvalue weighted by atomic mass is 79.9. The number of nitrogens with one attached hydrogen (secondary N) is 1. The van der Waals surface area contributed by atoms with Crippen LogP contribution in [0.15, 0.2) is 16.7 Å². The molecule has 1 aliphatic heterocycles. The number of carbonyl (C=O) groups excluding carboxylic acids is 1. The Bertz CT molecular complexity index is 442. The van der Waals surface area contributed by atoms with Gasteiger partial charge in [-0.2, -0.15) is 0 Å². The molecule has 1 saturated heterocycles. The van der Waals surface area contributed by atoms with E-state index in [2.05, 4.69) is 28.2 Å². The van der Waals surface area contributed by atoms with E-state index in [0.717, 1.165) is 49.2 Å². The number of halogens is 2. The third-order valence-electron chi connectivity index (χ3n) is 3.82. The smallest absolute Gasteiger partial charge is 0.270 e. The molecular formula is C14H23BrClN3O. The van der Waals surface area contributed by atoms with E-state index in [0.29, 0.717) is 5.92 Å². The highest BCUT2D eigenvalue weighted by molar-refractivity contribution is 9.10. The molecule has 1 aromatic heterocycles. The standard InChI is InChI=1S/C14H22BrN3O.ClH/c1-3-17-10-12(15)8-13(17)14(19)18-6-4-11(5-7-18)9-16-2;/h8,10-11,16H,3-7,9H2,1-2H3;1H. The summed E-state index contributed by atoms with van der Waals surface area (Å²) in [4.78, 5) is 14.5. The van der Waals surface area contributed by atoms with E-state index in [-0.39, 0.29) is 18.3 Å². The van der Waals surface area contributed by atoms with Crippen molar-refractivity contribution >= 4 is 34.2 Å². The van der Waals surface area contributed by atoms with Crippen LogP contribution in [0.4, 0.5) is 0 Å². The molecule has 0 bridgehead atoms. The largest absolute Gasteiger partial charge is 0.343 e. The van der Waals surface area contributed by atoms with Gasteiger partial charge in [0.1, 0.15) is 5.69 Å². The Morgan fingerprint density at radius 3 is 2.65 bits per heavy atom. The number of amides is 1. The molecule has 1 aromatic rings. The molecule has 6 heteroatoms. The zero-order valence-corrected chi connectivity index (χ0v) is 14.5. The summed E-state index contributed by atoms with van der Waals surface area (Å²) in [6.45, 7) is 5.68. The molecule has 1 amide bonds. The molecular weight excluding hydrogens is 342 g/mol. The zero-order chi connectivity index (χ0) is 13.8. The normalized spacial score (nSPS) is 16.1. The monoisotopic (exact) mass is 363 g/mol. The molecule has 4 nitrogen and oxygen atoms in total. The highest BCUT2D eigenvalue weighted by Crippen LogP contribution is 2.21. The molecule has 114 valence electrons. The van der Waals surface area contributed by atoms with Crippen LogP contribution in [0.5, 0.6) is 0 Å². The molecule has 1 aliphatic rings. The second-order valence-corrected chi connectivity index (χ2v) is 6.04. The minimum absolute atomic E-state index is 0. The lowest BCUT2D eigenvalue weighted by Gasteiger charge is -2.32. The maximum absolute atomic E-state index is 12.5. The van der Waals surface area contributed by atoms with Gasteiger partial charge in [0.15, 0.2) is 0 Å². The Hall–Kier alpha value is -0.520. The molecule has 0 radical (unpaired) electrons. The van der Waals surface area contributed by atoms with Crippen molar-refractivity contribution in [3.63, 3.8) is 0 Å². The number of rotatable bonds is 4. The number of carbonyl (C=O) groups is 1. The minimum atomic E-state index is 0. The summed E-state index contributed by atoms with van der Waals surface area (Å²) in [5.41, 5.74) is 0.793. The van der Waals surface area contributed by atoms with Gasteiger partial charge in [0.25, 0.3) is 5.91 Å². The summed E-state index contributed by atoms with van der Waals surface area (Å²) < 4.78 is 2.98. The fraction of sp³-hybridized carbons (Fsp3) is 0.643. The molecule has 0 unspecified atom stereocenters. The van der Waals surface area contributed by atoms with E-state index in [1.807, 2.05) is 28.8 Å². The van der Waals surface area contributed by atoms with E-state index < -0.39 is 0 Å². The fourth-order valence-electron chi connectivity index (χ4n) is 2.71. The van der Waals surface area contributed by atoms with Gasteiger partial charge in [-0.25, -0.2) is 0 Å². The first-order chi connectivity index (χ1) is 9.15. The topological polar surface area (TPSA) is 37.3 Å². The number of hydrogen-bond acceptors (Lipinski definition) is 2. The number of aryl methyl sites for hydroxylation is 1. The summed E-state index contributed by atoms with van der Waals surface area (Å²) in [6.07, 6.45) is 4.17. The third kappa shape index (κ3) is 3.99. The van der Waals surface area contributed by atoms with E-state index in [1.54, 1.807) is 0 Å². The van der Waals surface area contributed by atoms with E-state index in [1.165, 1.54) is 0 Å². The number of hydrogen-bond donors (Lipinski definition) is 1. The van der Waals surface area contributed by atoms with Gasteiger partial charge in [-0.15, -0.1) is 12.4 Å². The van der Waals surface area contributed by atoms with Gasteiger partial charge in [0.05, 0.1) is 0 Å². The second kappa shape index (κ2) is 8.05. The van der Waals surface area contributed by atoms with Crippen molar-refractivity contribution in [3.8, 4) is 0 Å². The maximum atomic E-state index is 12.5. The number of aromatic nitrogens is 1. The van der Waals surface area contributed by atoms with Crippen molar-refractivity contribution in [2.24, 2.45) is 5.92 Å². The van der Waals surface area contributed by atoms with Crippen LogP contribution in [-0.2, 0) is 6.54 Å².